The van der Waals surface area contributed by atoms with Crippen molar-refractivity contribution in [1.82, 2.24) is 5.32 Å². The van der Waals surface area contributed by atoms with E-state index >= 15 is 0 Å². The summed E-state index contributed by atoms with van der Waals surface area (Å²) in [6.07, 6.45) is 29.6. The first-order valence-electron chi connectivity index (χ1n) is 22.2. The fourth-order valence-corrected chi connectivity index (χ4v) is 7.34. The van der Waals surface area contributed by atoms with Crippen LogP contribution in [-0.4, -0.2) is 87.5 Å². The van der Waals surface area contributed by atoms with Crippen LogP contribution in [0.3, 0.4) is 0 Å². The summed E-state index contributed by atoms with van der Waals surface area (Å²) in [5.74, 6) is -0.142. The Balaban J connectivity index is 2.34. The lowest BCUT2D eigenvalue weighted by atomic mass is 9.99. The lowest BCUT2D eigenvalue weighted by Crippen LogP contribution is -2.60. The first kappa shape index (κ1) is 49.2. The minimum absolute atomic E-state index is 0.132. The average Bonchev–Trinajstić information content (AvgIpc) is 3.14. The Morgan fingerprint density at radius 3 is 1.37 bits per heavy atom. The van der Waals surface area contributed by atoms with Gasteiger partial charge in [0.15, 0.2) is 6.29 Å². The second-order valence-electron chi connectivity index (χ2n) is 15.9. The first-order valence-corrected chi connectivity index (χ1v) is 22.2. The summed E-state index contributed by atoms with van der Waals surface area (Å²) in [5, 5.41) is 54.3. The molecule has 52 heavy (non-hydrogen) atoms. The number of carbonyl (C=O) groups excluding carboxylic acids is 1. The summed E-state index contributed by atoms with van der Waals surface area (Å²) in [7, 11) is 0. The molecule has 310 valence electrons. The van der Waals surface area contributed by atoms with Gasteiger partial charge in [-0.3, -0.25) is 4.79 Å². The highest BCUT2D eigenvalue weighted by Crippen LogP contribution is 2.23. The molecular formula is C43H85NO8. The lowest BCUT2D eigenvalue weighted by molar-refractivity contribution is -0.302. The summed E-state index contributed by atoms with van der Waals surface area (Å²) >= 11 is 0. The van der Waals surface area contributed by atoms with Crippen LogP contribution >= 0.6 is 0 Å². The third kappa shape index (κ3) is 25.3. The van der Waals surface area contributed by atoms with Crippen molar-refractivity contribution in [2.24, 2.45) is 0 Å². The fraction of sp³-hybridized carbons (Fsp3) is 0.977. The number of unbranched alkanes of at least 4 members (excludes halogenated alkanes) is 27. The van der Waals surface area contributed by atoms with Gasteiger partial charge in [0, 0.05) is 6.42 Å². The molecule has 0 saturated carbocycles. The van der Waals surface area contributed by atoms with Crippen molar-refractivity contribution in [2.75, 3.05) is 13.2 Å². The number of carbonyl (C=O) groups is 1. The van der Waals surface area contributed by atoms with E-state index in [2.05, 4.69) is 19.2 Å². The van der Waals surface area contributed by atoms with Crippen molar-refractivity contribution in [3.8, 4) is 0 Å². The van der Waals surface area contributed by atoms with E-state index in [0.29, 0.717) is 12.8 Å². The molecule has 2 unspecified atom stereocenters. The van der Waals surface area contributed by atoms with Crippen molar-refractivity contribution in [3.05, 3.63) is 0 Å². The highest BCUT2D eigenvalue weighted by atomic mass is 16.7. The van der Waals surface area contributed by atoms with Crippen LogP contribution in [0.2, 0.25) is 0 Å². The van der Waals surface area contributed by atoms with Gasteiger partial charge in [0.05, 0.1) is 25.4 Å². The van der Waals surface area contributed by atoms with Crippen LogP contribution in [0, 0.1) is 0 Å². The molecule has 6 N–H and O–H groups in total. The molecule has 9 heteroatoms. The van der Waals surface area contributed by atoms with Gasteiger partial charge >= 0.3 is 0 Å². The van der Waals surface area contributed by atoms with Gasteiger partial charge in [0.1, 0.15) is 24.4 Å². The molecule has 1 heterocycles. The zero-order valence-corrected chi connectivity index (χ0v) is 33.8. The molecule has 0 aromatic carbocycles. The first-order chi connectivity index (χ1) is 25.3. The van der Waals surface area contributed by atoms with Gasteiger partial charge in [0.25, 0.3) is 0 Å². The number of hydrogen-bond donors (Lipinski definition) is 6. The van der Waals surface area contributed by atoms with Gasteiger partial charge in [-0.2, -0.15) is 0 Å². The maximum absolute atomic E-state index is 12.9. The molecule has 0 radical (unpaired) electrons. The third-order valence-corrected chi connectivity index (χ3v) is 11.0. The van der Waals surface area contributed by atoms with Crippen LogP contribution in [0.1, 0.15) is 213 Å². The van der Waals surface area contributed by atoms with E-state index < -0.39 is 49.5 Å². The minimum Gasteiger partial charge on any atom is -0.394 e. The molecular weight excluding hydrogens is 658 g/mol. The number of ether oxygens (including phenoxy) is 2. The van der Waals surface area contributed by atoms with Crippen LogP contribution in [0.4, 0.5) is 0 Å². The number of aliphatic hydroxyl groups is 5. The van der Waals surface area contributed by atoms with E-state index in [4.69, 9.17) is 9.47 Å². The van der Waals surface area contributed by atoms with Gasteiger partial charge in [-0.05, 0) is 12.8 Å². The third-order valence-electron chi connectivity index (χ3n) is 11.0. The summed E-state index contributed by atoms with van der Waals surface area (Å²) < 4.78 is 11.2. The highest BCUT2D eigenvalue weighted by molar-refractivity contribution is 5.76. The lowest BCUT2D eigenvalue weighted by Gasteiger charge is -2.40. The summed E-state index contributed by atoms with van der Waals surface area (Å²) in [6.45, 7) is 3.84. The molecule has 1 aliphatic heterocycles. The van der Waals surface area contributed by atoms with E-state index in [-0.39, 0.29) is 12.5 Å². The molecule has 0 aromatic heterocycles. The zero-order chi connectivity index (χ0) is 38.1. The normalized spacial score (nSPS) is 21.7. The van der Waals surface area contributed by atoms with Crippen LogP contribution in [0.15, 0.2) is 0 Å². The molecule has 1 saturated heterocycles. The van der Waals surface area contributed by atoms with E-state index in [0.717, 1.165) is 38.5 Å². The van der Waals surface area contributed by atoms with Crippen molar-refractivity contribution in [1.29, 1.82) is 0 Å². The Labute approximate surface area is 319 Å². The van der Waals surface area contributed by atoms with Gasteiger partial charge in [-0.1, -0.05) is 194 Å². The predicted molar refractivity (Wildman–Crippen MR) is 212 cm³/mol. The smallest absolute Gasteiger partial charge is 0.220 e. The molecule has 9 nitrogen and oxygen atoms in total. The van der Waals surface area contributed by atoms with Crippen LogP contribution in [0.5, 0.6) is 0 Å². The molecule has 0 spiro atoms. The highest BCUT2D eigenvalue weighted by Gasteiger charge is 2.44. The molecule has 7 atom stereocenters. The Kier molecular flexibility index (Phi) is 32.8. The van der Waals surface area contributed by atoms with Gasteiger partial charge in [0.2, 0.25) is 5.91 Å². The van der Waals surface area contributed by atoms with E-state index in [9.17, 15) is 30.3 Å². The number of rotatable bonds is 37. The van der Waals surface area contributed by atoms with Gasteiger partial charge < -0.3 is 40.3 Å². The molecule has 1 amide bonds. The number of aliphatic hydroxyl groups excluding tert-OH is 5. The number of nitrogens with one attached hydrogen (secondary N) is 1. The van der Waals surface area contributed by atoms with Crippen molar-refractivity contribution < 1.29 is 39.8 Å². The summed E-state index contributed by atoms with van der Waals surface area (Å²) in [5.41, 5.74) is 0. The SMILES string of the molecule is CCCCCCCCCCCCCCCCC[C@@H](O)[C@H](CO[C@@H]1O[C@H](CO)[C@H](O)C(O)C1O)NC(=O)CCCCCCCCCCCCCCCC. The molecule has 1 aliphatic rings. The van der Waals surface area contributed by atoms with Crippen LogP contribution < -0.4 is 5.32 Å². The largest absolute Gasteiger partial charge is 0.394 e. The molecule has 1 rings (SSSR count). The van der Waals surface area contributed by atoms with Gasteiger partial charge in [-0.15, -0.1) is 0 Å². The number of amides is 1. The number of hydrogen-bond acceptors (Lipinski definition) is 8. The fourth-order valence-electron chi connectivity index (χ4n) is 7.34. The monoisotopic (exact) mass is 744 g/mol. The summed E-state index contributed by atoms with van der Waals surface area (Å²) in [6, 6.07) is -0.710. The molecule has 1 fully saturated rings. The Morgan fingerprint density at radius 1 is 0.577 bits per heavy atom. The Bertz CT molecular complexity index is 786. The van der Waals surface area contributed by atoms with E-state index in [1.807, 2.05) is 0 Å². The average molecular weight is 744 g/mol. The van der Waals surface area contributed by atoms with Crippen molar-refractivity contribution >= 4 is 5.91 Å². The minimum atomic E-state index is -1.55. The van der Waals surface area contributed by atoms with E-state index in [1.54, 1.807) is 0 Å². The molecule has 0 aromatic rings. The Morgan fingerprint density at radius 2 is 0.962 bits per heavy atom. The van der Waals surface area contributed by atoms with Gasteiger partial charge in [-0.25, -0.2) is 0 Å². The maximum Gasteiger partial charge on any atom is 0.220 e. The molecule has 0 bridgehead atoms. The van der Waals surface area contributed by atoms with E-state index in [1.165, 1.54) is 148 Å². The quantitative estimate of drug-likeness (QED) is 0.0346. The maximum atomic E-state index is 12.9. The van der Waals surface area contributed by atoms with Crippen LogP contribution in [0.25, 0.3) is 0 Å². The second kappa shape index (κ2) is 34.7. The summed E-state index contributed by atoms with van der Waals surface area (Å²) in [4.78, 5) is 12.9. The van der Waals surface area contributed by atoms with Crippen LogP contribution in [-0.2, 0) is 14.3 Å². The Hall–Kier alpha value is -0.810. The predicted octanol–water partition coefficient (Wildman–Crippen LogP) is 8.78. The molecule has 0 aliphatic carbocycles. The zero-order valence-electron chi connectivity index (χ0n) is 33.8. The van der Waals surface area contributed by atoms with Crippen molar-refractivity contribution in [3.63, 3.8) is 0 Å². The topological polar surface area (TPSA) is 149 Å². The second-order valence-corrected chi connectivity index (χ2v) is 15.9. The van der Waals surface area contributed by atoms with Crippen molar-refractivity contribution in [2.45, 2.75) is 256 Å². The standard InChI is InChI=1S/C43H85NO8/c1-3-5-7-9-11-13-15-17-19-20-22-24-26-28-30-32-37(46)36(35-51-43-42(50)41(49)40(48)38(34-45)52-43)44-39(47)33-31-29-27-25-23-21-18-16-14-12-10-8-6-4-2/h36-38,40-43,45-46,48-50H,3-35H2,1-2H3,(H,44,47)/t36-,37+,38+,40-,41?,42?,43+/m0/s1.